The molecule has 0 bridgehead atoms. The highest BCUT2D eigenvalue weighted by Crippen LogP contribution is 2.18. The molecular weight excluding hydrogens is 204 g/mol. The molecule has 0 spiro atoms. The minimum absolute atomic E-state index is 0.780. The van der Waals surface area contributed by atoms with Crippen LogP contribution in [-0.2, 0) is 11.3 Å². The van der Waals surface area contributed by atoms with E-state index >= 15 is 0 Å². The zero-order valence-corrected chi connectivity index (χ0v) is 9.86. The van der Waals surface area contributed by atoms with Crippen LogP contribution in [0.4, 0.5) is 5.82 Å². The number of aromatic nitrogens is 2. The van der Waals surface area contributed by atoms with Crippen LogP contribution in [0.1, 0.15) is 11.4 Å². The van der Waals surface area contributed by atoms with Crippen molar-refractivity contribution in [1.82, 2.24) is 15.3 Å². The molecule has 2 heterocycles. The van der Waals surface area contributed by atoms with Crippen molar-refractivity contribution < 1.29 is 4.74 Å². The van der Waals surface area contributed by atoms with E-state index in [-0.39, 0.29) is 0 Å². The topological polar surface area (TPSA) is 50.3 Å². The van der Waals surface area contributed by atoms with E-state index in [1.807, 2.05) is 20.2 Å². The van der Waals surface area contributed by atoms with Gasteiger partial charge in [0.1, 0.15) is 11.6 Å². The predicted molar refractivity (Wildman–Crippen MR) is 62.6 cm³/mol. The second kappa shape index (κ2) is 5.23. The number of aryl methyl sites for hydroxylation is 1. The highest BCUT2D eigenvalue weighted by molar-refractivity contribution is 5.46. The lowest BCUT2D eigenvalue weighted by Crippen LogP contribution is -2.37. The van der Waals surface area contributed by atoms with Gasteiger partial charge in [-0.05, 0) is 14.0 Å². The summed E-state index contributed by atoms with van der Waals surface area (Å²) in [6, 6.07) is 0. The SMILES string of the molecule is CNCc1cnc(C)nc1N1CCOCC1. The summed E-state index contributed by atoms with van der Waals surface area (Å²) in [5, 5.41) is 3.15. The van der Waals surface area contributed by atoms with Gasteiger partial charge in [0.25, 0.3) is 0 Å². The Morgan fingerprint density at radius 1 is 1.44 bits per heavy atom. The van der Waals surface area contributed by atoms with Gasteiger partial charge in [0.15, 0.2) is 0 Å². The van der Waals surface area contributed by atoms with Crippen molar-refractivity contribution in [1.29, 1.82) is 0 Å². The second-order valence-electron chi connectivity index (χ2n) is 3.90. The molecule has 0 aliphatic carbocycles. The van der Waals surface area contributed by atoms with E-state index in [0.717, 1.165) is 50.1 Å². The van der Waals surface area contributed by atoms with Gasteiger partial charge in [-0.2, -0.15) is 0 Å². The van der Waals surface area contributed by atoms with Gasteiger partial charge < -0.3 is 15.0 Å². The molecule has 1 N–H and O–H groups in total. The summed E-state index contributed by atoms with van der Waals surface area (Å²) < 4.78 is 5.35. The Hall–Kier alpha value is -1.20. The minimum Gasteiger partial charge on any atom is -0.378 e. The Bertz CT molecular complexity index is 350. The number of rotatable bonds is 3. The third-order valence-corrected chi connectivity index (χ3v) is 2.64. The number of nitrogens with zero attached hydrogens (tertiary/aromatic N) is 3. The van der Waals surface area contributed by atoms with E-state index in [1.165, 1.54) is 0 Å². The standard InChI is InChI=1S/C11H18N4O/c1-9-13-8-10(7-12-2)11(14-9)15-3-5-16-6-4-15/h8,12H,3-7H2,1-2H3. The molecule has 5 heteroatoms. The third kappa shape index (κ3) is 2.48. The number of hydrogen-bond acceptors (Lipinski definition) is 5. The van der Waals surface area contributed by atoms with Crippen LogP contribution in [0, 0.1) is 6.92 Å². The third-order valence-electron chi connectivity index (χ3n) is 2.64. The summed E-state index contributed by atoms with van der Waals surface area (Å²) in [5.74, 6) is 1.87. The monoisotopic (exact) mass is 222 g/mol. The van der Waals surface area contributed by atoms with Crippen molar-refractivity contribution in [2.45, 2.75) is 13.5 Å². The lowest BCUT2D eigenvalue weighted by molar-refractivity contribution is 0.122. The molecule has 1 aromatic heterocycles. The molecule has 1 fully saturated rings. The smallest absolute Gasteiger partial charge is 0.136 e. The molecule has 88 valence electrons. The van der Waals surface area contributed by atoms with Gasteiger partial charge >= 0.3 is 0 Å². The van der Waals surface area contributed by atoms with E-state index in [1.54, 1.807) is 0 Å². The zero-order valence-electron chi connectivity index (χ0n) is 9.86. The summed E-state index contributed by atoms with van der Waals surface area (Å²) in [4.78, 5) is 11.0. The Morgan fingerprint density at radius 3 is 2.88 bits per heavy atom. The molecule has 1 aliphatic heterocycles. The number of hydrogen-bond donors (Lipinski definition) is 1. The van der Waals surface area contributed by atoms with E-state index in [2.05, 4.69) is 20.2 Å². The Morgan fingerprint density at radius 2 is 2.19 bits per heavy atom. The Labute approximate surface area is 95.8 Å². The zero-order chi connectivity index (χ0) is 11.4. The van der Waals surface area contributed by atoms with E-state index < -0.39 is 0 Å². The van der Waals surface area contributed by atoms with Crippen LogP contribution in [0.5, 0.6) is 0 Å². The summed E-state index contributed by atoms with van der Waals surface area (Å²) in [7, 11) is 1.93. The fraction of sp³-hybridized carbons (Fsp3) is 0.636. The first-order chi connectivity index (χ1) is 7.81. The maximum atomic E-state index is 5.35. The number of ether oxygens (including phenoxy) is 1. The van der Waals surface area contributed by atoms with E-state index in [9.17, 15) is 0 Å². The van der Waals surface area contributed by atoms with Crippen LogP contribution in [0.2, 0.25) is 0 Å². The largest absolute Gasteiger partial charge is 0.378 e. The normalized spacial score (nSPS) is 16.5. The molecule has 16 heavy (non-hydrogen) atoms. The van der Waals surface area contributed by atoms with Gasteiger partial charge in [-0.1, -0.05) is 0 Å². The van der Waals surface area contributed by atoms with Crippen molar-refractivity contribution >= 4 is 5.82 Å². The molecule has 0 saturated carbocycles. The van der Waals surface area contributed by atoms with Crippen LogP contribution in [0.15, 0.2) is 6.20 Å². The van der Waals surface area contributed by atoms with Crippen LogP contribution >= 0.6 is 0 Å². The summed E-state index contributed by atoms with van der Waals surface area (Å²) in [5.41, 5.74) is 1.15. The van der Waals surface area contributed by atoms with Gasteiger partial charge in [-0.25, -0.2) is 9.97 Å². The molecule has 0 aromatic carbocycles. The lowest BCUT2D eigenvalue weighted by Gasteiger charge is -2.29. The lowest BCUT2D eigenvalue weighted by atomic mass is 10.2. The molecule has 0 radical (unpaired) electrons. The molecule has 2 rings (SSSR count). The van der Waals surface area contributed by atoms with E-state index in [4.69, 9.17) is 4.74 Å². The fourth-order valence-corrected chi connectivity index (χ4v) is 1.85. The molecule has 1 aromatic rings. The second-order valence-corrected chi connectivity index (χ2v) is 3.90. The average molecular weight is 222 g/mol. The summed E-state index contributed by atoms with van der Waals surface area (Å²) in [6.07, 6.45) is 1.91. The van der Waals surface area contributed by atoms with Crippen molar-refractivity contribution in [3.05, 3.63) is 17.6 Å². The van der Waals surface area contributed by atoms with E-state index in [0.29, 0.717) is 0 Å². The molecule has 0 atom stereocenters. The van der Waals surface area contributed by atoms with Gasteiger partial charge in [0, 0.05) is 31.4 Å². The average Bonchev–Trinajstić information content (AvgIpc) is 2.33. The molecule has 1 aliphatic rings. The van der Waals surface area contributed by atoms with Crippen LogP contribution < -0.4 is 10.2 Å². The van der Waals surface area contributed by atoms with Gasteiger partial charge in [0.05, 0.1) is 13.2 Å². The quantitative estimate of drug-likeness (QED) is 0.799. The van der Waals surface area contributed by atoms with Crippen molar-refractivity contribution in [2.75, 3.05) is 38.3 Å². The minimum atomic E-state index is 0.780. The van der Waals surface area contributed by atoms with Gasteiger partial charge in [-0.3, -0.25) is 0 Å². The highest BCUT2D eigenvalue weighted by atomic mass is 16.5. The van der Waals surface area contributed by atoms with Gasteiger partial charge in [-0.15, -0.1) is 0 Å². The van der Waals surface area contributed by atoms with Crippen LogP contribution in [-0.4, -0.2) is 43.3 Å². The first-order valence-electron chi connectivity index (χ1n) is 5.61. The van der Waals surface area contributed by atoms with Crippen LogP contribution in [0.25, 0.3) is 0 Å². The summed E-state index contributed by atoms with van der Waals surface area (Å²) in [6.45, 7) is 6.10. The van der Waals surface area contributed by atoms with Crippen molar-refractivity contribution in [3.63, 3.8) is 0 Å². The van der Waals surface area contributed by atoms with Crippen LogP contribution in [0.3, 0.4) is 0 Å². The Balaban J connectivity index is 2.24. The van der Waals surface area contributed by atoms with Gasteiger partial charge in [0.2, 0.25) is 0 Å². The highest BCUT2D eigenvalue weighted by Gasteiger charge is 2.16. The number of nitrogens with one attached hydrogen (secondary N) is 1. The maximum Gasteiger partial charge on any atom is 0.136 e. The summed E-state index contributed by atoms with van der Waals surface area (Å²) >= 11 is 0. The Kier molecular flexibility index (Phi) is 3.69. The number of anilines is 1. The molecular formula is C11H18N4O. The molecule has 0 unspecified atom stereocenters. The maximum absolute atomic E-state index is 5.35. The predicted octanol–water partition coefficient (Wildman–Crippen LogP) is 0.341. The fourth-order valence-electron chi connectivity index (χ4n) is 1.85. The first-order valence-corrected chi connectivity index (χ1v) is 5.61. The molecule has 1 saturated heterocycles. The van der Waals surface area contributed by atoms with Crippen molar-refractivity contribution in [2.24, 2.45) is 0 Å². The number of morpholine rings is 1. The van der Waals surface area contributed by atoms with Crippen molar-refractivity contribution in [3.8, 4) is 0 Å². The molecule has 5 nitrogen and oxygen atoms in total. The first kappa shape index (κ1) is 11.3. The molecule has 0 amide bonds.